The van der Waals surface area contributed by atoms with E-state index < -0.39 is 18.0 Å². The lowest BCUT2D eigenvalue weighted by atomic mass is 10.1. The van der Waals surface area contributed by atoms with Crippen molar-refractivity contribution in [2.24, 2.45) is 0 Å². The van der Waals surface area contributed by atoms with Crippen LogP contribution in [0.2, 0.25) is 0 Å². The highest BCUT2D eigenvalue weighted by Crippen LogP contribution is 2.25. The first-order chi connectivity index (χ1) is 9.52. The first kappa shape index (κ1) is 14.0. The van der Waals surface area contributed by atoms with E-state index in [9.17, 15) is 14.4 Å². The van der Waals surface area contributed by atoms with Crippen LogP contribution in [0, 0.1) is 0 Å². The van der Waals surface area contributed by atoms with Crippen LogP contribution in [0.15, 0.2) is 18.2 Å². The molecule has 0 spiro atoms. The van der Waals surface area contributed by atoms with Gasteiger partial charge in [0.05, 0.1) is 13.7 Å². The van der Waals surface area contributed by atoms with Gasteiger partial charge in [-0.1, -0.05) is 0 Å². The van der Waals surface area contributed by atoms with Gasteiger partial charge >= 0.3 is 11.9 Å². The van der Waals surface area contributed by atoms with Crippen LogP contribution >= 0.6 is 0 Å². The van der Waals surface area contributed by atoms with E-state index in [2.05, 4.69) is 4.74 Å². The predicted octanol–water partition coefficient (Wildman–Crippen LogP) is 1.37. The molecular weight excluding hydrogens is 264 g/mol. The average molecular weight is 278 g/mol. The number of rotatable bonds is 4. The number of Topliss-reactive ketones (excluding diaryl/α,β-unsaturated/α-hetero) is 1. The summed E-state index contributed by atoms with van der Waals surface area (Å²) in [6.45, 7) is 1.69. The summed E-state index contributed by atoms with van der Waals surface area (Å²) in [4.78, 5) is 34.5. The summed E-state index contributed by atoms with van der Waals surface area (Å²) in [5.41, 5.74) is 0.478. The summed E-state index contributed by atoms with van der Waals surface area (Å²) in [5, 5.41) is 0. The SMILES string of the molecule is COC(=O)c1cc(C(C)=O)ccc1OC1CCOC1=O. The monoisotopic (exact) mass is 278 g/mol. The molecule has 0 aliphatic carbocycles. The molecule has 0 aromatic heterocycles. The molecule has 0 N–H and O–H groups in total. The van der Waals surface area contributed by atoms with Crippen LogP contribution in [0.1, 0.15) is 34.1 Å². The number of hydrogen-bond donors (Lipinski definition) is 0. The lowest BCUT2D eigenvalue weighted by Crippen LogP contribution is -2.23. The number of hydrogen-bond acceptors (Lipinski definition) is 6. The van der Waals surface area contributed by atoms with Crippen molar-refractivity contribution in [3.8, 4) is 5.75 Å². The third-order valence-corrected chi connectivity index (χ3v) is 2.95. The second-order valence-electron chi connectivity index (χ2n) is 4.32. The molecular formula is C14H14O6. The summed E-state index contributed by atoms with van der Waals surface area (Å²) in [7, 11) is 1.23. The van der Waals surface area contributed by atoms with E-state index in [-0.39, 0.29) is 17.1 Å². The first-order valence-electron chi connectivity index (χ1n) is 6.09. The fraction of sp³-hybridized carbons (Fsp3) is 0.357. The van der Waals surface area contributed by atoms with E-state index in [1.807, 2.05) is 0 Å². The molecule has 1 unspecified atom stereocenters. The molecule has 2 rings (SSSR count). The number of benzene rings is 1. The van der Waals surface area contributed by atoms with Crippen LogP contribution in [-0.4, -0.2) is 37.5 Å². The number of cyclic esters (lactones) is 1. The first-order valence-corrected chi connectivity index (χ1v) is 6.09. The van der Waals surface area contributed by atoms with Crippen molar-refractivity contribution < 1.29 is 28.6 Å². The maximum Gasteiger partial charge on any atom is 0.347 e. The third kappa shape index (κ3) is 2.79. The van der Waals surface area contributed by atoms with E-state index in [1.165, 1.54) is 32.2 Å². The Labute approximate surface area is 115 Å². The molecule has 20 heavy (non-hydrogen) atoms. The van der Waals surface area contributed by atoms with Crippen LogP contribution in [0.25, 0.3) is 0 Å². The largest absolute Gasteiger partial charge is 0.478 e. The van der Waals surface area contributed by atoms with Crippen molar-refractivity contribution in [2.75, 3.05) is 13.7 Å². The van der Waals surface area contributed by atoms with E-state index in [0.29, 0.717) is 18.6 Å². The van der Waals surface area contributed by atoms with Gasteiger partial charge in [-0.2, -0.15) is 0 Å². The third-order valence-electron chi connectivity index (χ3n) is 2.95. The van der Waals surface area contributed by atoms with Gasteiger partial charge in [0.2, 0.25) is 0 Å². The van der Waals surface area contributed by atoms with Gasteiger partial charge in [-0.15, -0.1) is 0 Å². The van der Waals surface area contributed by atoms with E-state index >= 15 is 0 Å². The van der Waals surface area contributed by atoms with Crippen molar-refractivity contribution in [2.45, 2.75) is 19.4 Å². The van der Waals surface area contributed by atoms with Crippen molar-refractivity contribution in [3.63, 3.8) is 0 Å². The van der Waals surface area contributed by atoms with Crippen LogP contribution in [0.3, 0.4) is 0 Å². The van der Waals surface area contributed by atoms with Crippen LogP contribution in [-0.2, 0) is 14.3 Å². The standard InChI is InChI=1S/C14H14O6/c1-8(15)9-3-4-11(10(7-9)13(16)18-2)20-12-5-6-19-14(12)17/h3-4,7,12H,5-6H2,1-2H3. The number of methoxy groups -OCH3 is 1. The molecule has 6 nitrogen and oxygen atoms in total. The Kier molecular flexibility index (Phi) is 4.02. The Morgan fingerprint density at radius 3 is 2.65 bits per heavy atom. The van der Waals surface area contributed by atoms with E-state index in [4.69, 9.17) is 9.47 Å². The zero-order chi connectivity index (χ0) is 14.7. The fourth-order valence-corrected chi connectivity index (χ4v) is 1.86. The Morgan fingerprint density at radius 2 is 2.10 bits per heavy atom. The van der Waals surface area contributed by atoms with E-state index in [1.54, 1.807) is 0 Å². The molecule has 1 aliphatic heterocycles. The number of ketones is 1. The zero-order valence-electron chi connectivity index (χ0n) is 11.2. The molecule has 1 saturated heterocycles. The molecule has 0 radical (unpaired) electrons. The molecule has 1 aromatic rings. The highest BCUT2D eigenvalue weighted by molar-refractivity contribution is 5.99. The molecule has 6 heteroatoms. The lowest BCUT2D eigenvalue weighted by molar-refractivity contribution is -0.143. The minimum absolute atomic E-state index is 0.111. The van der Waals surface area contributed by atoms with Gasteiger partial charge in [-0.25, -0.2) is 9.59 Å². The van der Waals surface area contributed by atoms with Crippen molar-refractivity contribution >= 4 is 17.7 Å². The van der Waals surface area contributed by atoms with E-state index in [0.717, 1.165) is 0 Å². The highest BCUT2D eigenvalue weighted by Gasteiger charge is 2.30. The van der Waals surface area contributed by atoms with Gasteiger partial charge in [0.25, 0.3) is 0 Å². The molecule has 0 bridgehead atoms. The summed E-state index contributed by atoms with van der Waals surface area (Å²) < 4.78 is 14.9. The predicted molar refractivity (Wildman–Crippen MR) is 67.8 cm³/mol. The summed E-state index contributed by atoms with van der Waals surface area (Å²) in [5.74, 6) is -1.07. The Hall–Kier alpha value is -2.37. The number of ether oxygens (including phenoxy) is 3. The topological polar surface area (TPSA) is 78.9 Å². The molecule has 1 atom stereocenters. The Bertz CT molecular complexity index is 563. The zero-order valence-corrected chi connectivity index (χ0v) is 11.2. The minimum Gasteiger partial charge on any atom is -0.478 e. The van der Waals surface area contributed by atoms with Crippen molar-refractivity contribution in [1.29, 1.82) is 0 Å². The fourth-order valence-electron chi connectivity index (χ4n) is 1.86. The van der Waals surface area contributed by atoms with Crippen molar-refractivity contribution in [3.05, 3.63) is 29.3 Å². The summed E-state index contributed by atoms with van der Waals surface area (Å²) >= 11 is 0. The van der Waals surface area contributed by atoms with Gasteiger partial charge in [0.1, 0.15) is 11.3 Å². The summed E-state index contributed by atoms with van der Waals surface area (Å²) in [6, 6.07) is 4.41. The maximum atomic E-state index is 11.7. The second kappa shape index (κ2) is 5.73. The second-order valence-corrected chi connectivity index (χ2v) is 4.32. The summed E-state index contributed by atoms with van der Waals surface area (Å²) in [6.07, 6.45) is -0.310. The number of carbonyl (C=O) groups is 3. The van der Waals surface area contributed by atoms with Crippen molar-refractivity contribution in [1.82, 2.24) is 0 Å². The average Bonchev–Trinajstić information content (AvgIpc) is 2.83. The van der Waals surface area contributed by atoms with Gasteiger partial charge in [-0.05, 0) is 25.1 Å². The van der Waals surface area contributed by atoms with Gasteiger partial charge < -0.3 is 14.2 Å². The Balaban J connectivity index is 2.33. The van der Waals surface area contributed by atoms with Crippen LogP contribution < -0.4 is 4.74 Å². The van der Waals surface area contributed by atoms with Gasteiger partial charge in [-0.3, -0.25) is 4.79 Å². The highest BCUT2D eigenvalue weighted by atomic mass is 16.6. The maximum absolute atomic E-state index is 11.7. The molecule has 0 amide bonds. The normalized spacial score (nSPS) is 17.5. The quantitative estimate of drug-likeness (QED) is 0.611. The molecule has 0 saturated carbocycles. The number of carbonyl (C=O) groups excluding carboxylic acids is 3. The smallest absolute Gasteiger partial charge is 0.347 e. The van der Waals surface area contributed by atoms with Crippen LogP contribution in [0.5, 0.6) is 5.75 Å². The molecule has 1 heterocycles. The molecule has 1 fully saturated rings. The molecule has 1 aliphatic rings. The van der Waals surface area contributed by atoms with Gasteiger partial charge in [0, 0.05) is 12.0 Å². The number of esters is 2. The Morgan fingerprint density at radius 1 is 1.35 bits per heavy atom. The lowest BCUT2D eigenvalue weighted by Gasteiger charge is -2.13. The minimum atomic E-state index is -0.735. The van der Waals surface area contributed by atoms with Crippen LogP contribution in [0.4, 0.5) is 0 Å². The molecule has 106 valence electrons. The molecule has 1 aromatic carbocycles. The van der Waals surface area contributed by atoms with Gasteiger partial charge in [0.15, 0.2) is 11.9 Å².